The van der Waals surface area contributed by atoms with Crippen LogP contribution in [-0.4, -0.2) is 60.8 Å². The summed E-state index contributed by atoms with van der Waals surface area (Å²) in [7, 11) is 0. The van der Waals surface area contributed by atoms with Crippen LogP contribution in [0, 0.1) is 0 Å². The Labute approximate surface area is 155 Å². The Bertz CT molecular complexity index is 419. The molecule has 5 nitrogen and oxygen atoms in total. The highest BCUT2D eigenvalue weighted by molar-refractivity contribution is 7.98. The quantitative estimate of drug-likeness (QED) is 0.670. The van der Waals surface area contributed by atoms with E-state index in [9.17, 15) is 4.79 Å². The summed E-state index contributed by atoms with van der Waals surface area (Å²) in [6, 6.07) is 5.92. The molecule has 1 aliphatic rings. The van der Waals surface area contributed by atoms with Gasteiger partial charge in [0.2, 0.25) is 5.91 Å². The number of carbonyl (C=O) groups is 1. The van der Waals surface area contributed by atoms with Crippen molar-refractivity contribution in [2.75, 3.05) is 45.0 Å². The van der Waals surface area contributed by atoms with Crippen LogP contribution in [0.15, 0.2) is 24.4 Å². The Balaban J connectivity index is 0.00000242. The van der Waals surface area contributed by atoms with Crippen molar-refractivity contribution in [3.05, 3.63) is 30.1 Å². The van der Waals surface area contributed by atoms with Gasteiger partial charge in [-0.25, -0.2) is 0 Å². The molecule has 0 aliphatic carbocycles. The van der Waals surface area contributed by atoms with Gasteiger partial charge in [0.1, 0.15) is 0 Å². The number of hydrogen-bond donors (Lipinski definition) is 2. The standard InChI is InChI=1S/C15H24N4OS.2ClH/c20-15(18-8-11-19-9-6-16-7-10-19)4-12-21-13-14-3-1-2-5-17-14;;/h1-3,5,16H,4,6-13H2,(H,18,20);2*1H. The fraction of sp³-hybridized carbons (Fsp3) is 0.600. The Morgan fingerprint density at radius 3 is 2.78 bits per heavy atom. The third kappa shape index (κ3) is 10.0. The Morgan fingerprint density at radius 2 is 2.09 bits per heavy atom. The van der Waals surface area contributed by atoms with Crippen molar-refractivity contribution >= 4 is 42.5 Å². The summed E-state index contributed by atoms with van der Waals surface area (Å²) in [5.74, 6) is 1.86. The van der Waals surface area contributed by atoms with E-state index in [0.29, 0.717) is 6.42 Å². The van der Waals surface area contributed by atoms with E-state index in [-0.39, 0.29) is 30.7 Å². The van der Waals surface area contributed by atoms with Crippen molar-refractivity contribution in [1.82, 2.24) is 20.5 Å². The second-order valence-electron chi connectivity index (χ2n) is 5.07. The molecule has 0 unspecified atom stereocenters. The molecular weight excluding hydrogens is 355 g/mol. The molecule has 1 fully saturated rings. The van der Waals surface area contributed by atoms with Crippen molar-refractivity contribution in [2.45, 2.75) is 12.2 Å². The second kappa shape index (κ2) is 13.9. The van der Waals surface area contributed by atoms with Crippen LogP contribution in [0.5, 0.6) is 0 Å². The summed E-state index contributed by atoms with van der Waals surface area (Å²) in [6.07, 6.45) is 2.39. The Kier molecular flexibility index (Phi) is 13.5. The number of pyridine rings is 1. The van der Waals surface area contributed by atoms with Gasteiger partial charge in [-0.2, -0.15) is 11.8 Å². The van der Waals surface area contributed by atoms with E-state index in [4.69, 9.17) is 0 Å². The molecule has 0 atom stereocenters. The molecule has 0 radical (unpaired) electrons. The van der Waals surface area contributed by atoms with Crippen LogP contribution in [0.3, 0.4) is 0 Å². The SMILES string of the molecule is Cl.Cl.O=C(CCSCc1ccccn1)NCCN1CCNCC1. The zero-order chi connectivity index (χ0) is 14.8. The van der Waals surface area contributed by atoms with E-state index < -0.39 is 0 Å². The van der Waals surface area contributed by atoms with Crippen LogP contribution in [0.1, 0.15) is 12.1 Å². The van der Waals surface area contributed by atoms with Gasteiger partial charge >= 0.3 is 0 Å². The highest BCUT2D eigenvalue weighted by Gasteiger charge is 2.09. The van der Waals surface area contributed by atoms with Crippen LogP contribution in [0.25, 0.3) is 0 Å². The number of nitrogens with zero attached hydrogens (tertiary/aromatic N) is 2. The summed E-state index contributed by atoms with van der Waals surface area (Å²) in [5.41, 5.74) is 1.07. The lowest BCUT2D eigenvalue weighted by Crippen LogP contribution is -2.46. The minimum absolute atomic E-state index is 0. The number of amides is 1. The minimum Gasteiger partial charge on any atom is -0.355 e. The van der Waals surface area contributed by atoms with Crippen molar-refractivity contribution < 1.29 is 4.79 Å². The molecule has 1 aliphatic heterocycles. The number of halogens is 2. The van der Waals surface area contributed by atoms with Crippen LogP contribution in [0.4, 0.5) is 0 Å². The van der Waals surface area contributed by atoms with Crippen LogP contribution in [0.2, 0.25) is 0 Å². The van der Waals surface area contributed by atoms with Crippen LogP contribution in [-0.2, 0) is 10.5 Å². The third-order valence-electron chi connectivity index (χ3n) is 3.41. The lowest BCUT2D eigenvalue weighted by atomic mass is 10.3. The summed E-state index contributed by atoms with van der Waals surface area (Å²) in [5, 5.41) is 6.32. The van der Waals surface area contributed by atoms with Gasteiger partial charge in [-0.3, -0.25) is 14.7 Å². The largest absolute Gasteiger partial charge is 0.355 e. The first-order chi connectivity index (χ1) is 10.3. The third-order valence-corrected chi connectivity index (χ3v) is 4.40. The van der Waals surface area contributed by atoms with Gasteiger partial charge in [-0.1, -0.05) is 6.07 Å². The molecule has 132 valence electrons. The van der Waals surface area contributed by atoms with E-state index >= 15 is 0 Å². The van der Waals surface area contributed by atoms with Gasteiger partial charge in [0, 0.05) is 63.4 Å². The maximum atomic E-state index is 11.7. The Hall–Kier alpha value is -0.530. The van der Waals surface area contributed by atoms with Gasteiger partial charge < -0.3 is 10.6 Å². The maximum Gasteiger partial charge on any atom is 0.220 e. The van der Waals surface area contributed by atoms with Crippen LogP contribution >= 0.6 is 36.6 Å². The van der Waals surface area contributed by atoms with Crippen molar-refractivity contribution in [1.29, 1.82) is 0 Å². The van der Waals surface area contributed by atoms with Gasteiger partial charge in [0.25, 0.3) is 0 Å². The predicted octanol–water partition coefficient (Wildman–Crippen LogP) is 1.57. The summed E-state index contributed by atoms with van der Waals surface area (Å²) >= 11 is 1.75. The molecule has 1 aromatic rings. The van der Waals surface area contributed by atoms with Crippen LogP contribution < -0.4 is 10.6 Å². The molecule has 0 bridgehead atoms. The van der Waals surface area contributed by atoms with Crippen molar-refractivity contribution in [3.63, 3.8) is 0 Å². The fourth-order valence-corrected chi connectivity index (χ4v) is 3.06. The van der Waals surface area contributed by atoms with Gasteiger partial charge in [-0.15, -0.1) is 24.8 Å². The van der Waals surface area contributed by atoms with Gasteiger partial charge in [-0.05, 0) is 12.1 Å². The molecule has 1 aromatic heterocycles. The molecule has 23 heavy (non-hydrogen) atoms. The number of aromatic nitrogens is 1. The first-order valence-electron chi connectivity index (χ1n) is 7.52. The van der Waals surface area contributed by atoms with Gasteiger partial charge in [0.15, 0.2) is 0 Å². The number of hydrogen-bond acceptors (Lipinski definition) is 5. The summed E-state index contributed by atoms with van der Waals surface area (Å²) in [4.78, 5) is 18.4. The van der Waals surface area contributed by atoms with E-state index in [0.717, 1.165) is 56.5 Å². The van der Waals surface area contributed by atoms with E-state index in [2.05, 4.69) is 20.5 Å². The molecule has 0 spiro atoms. The van der Waals surface area contributed by atoms with E-state index in [1.54, 1.807) is 18.0 Å². The lowest BCUT2D eigenvalue weighted by molar-refractivity contribution is -0.120. The molecule has 2 N–H and O–H groups in total. The molecule has 1 amide bonds. The summed E-state index contributed by atoms with van der Waals surface area (Å²) < 4.78 is 0. The van der Waals surface area contributed by atoms with Gasteiger partial charge in [0.05, 0.1) is 5.69 Å². The lowest BCUT2D eigenvalue weighted by Gasteiger charge is -2.27. The zero-order valence-corrected chi connectivity index (χ0v) is 15.7. The van der Waals surface area contributed by atoms with E-state index in [1.807, 2.05) is 18.2 Å². The summed E-state index contributed by atoms with van der Waals surface area (Å²) in [6.45, 7) is 5.97. The number of rotatable bonds is 8. The molecule has 2 heterocycles. The number of nitrogens with one attached hydrogen (secondary N) is 2. The molecule has 0 aromatic carbocycles. The maximum absolute atomic E-state index is 11.7. The predicted molar refractivity (Wildman–Crippen MR) is 102 cm³/mol. The molecule has 0 saturated carbocycles. The topological polar surface area (TPSA) is 57.3 Å². The number of thioether (sulfide) groups is 1. The highest BCUT2D eigenvalue weighted by atomic mass is 35.5. The molecule has 8 heteroatoms. The molecular formula is C15H26Cl2N4OS. The zero-order valence-electron chi connectivity index (χ0n) is 13.2. The molecule has 2 rings (SSSR count). The van der Waals surface area contributed by atoms with Crippen molar-refractivity contribution in [3.8, 4) is 0 Å². The second-order valence-corrected chi connectivity index (χ2v) is 6.17. The first kappa shape index (κ1) is 22.5. The number of piperazine rings is 1. The van der Waals surface area contributed by atoms with Crippen molar-refractivity contribution in [2.24, 2.45) is 0 Å². The average molecular weight is 381 g/mol. The number of carbonyl (C=O) groups excluding carboxylic acids is 1. The fourth-order valence-electron chi connectivity index (χ4n) is 2.20. The van der Waals surface area contributed by atoms with E-state index in [1.165, 1.54) is 0 Å². The average Bonchev–Trinajstić information content (AvgIpc) is 2.54. The molecule has 1 saturated heterocycles. The minimum atomic E-state index is 0. The normalized spacial score (nSPS) is 14.4. The monoisotopic (exact) mass is 380 g/mol. The highest BCUT2D eigenvalue weighted by Crippen LogP contribution is 2.10. The Morgan fingerprint density at radius 1 is 1.30 bits per heavy atom. The smallest absolute Gasteiger partial charge is 0.220 e. The first-order valence-corrected chi connectivity index (χ1v) is 8.67.